The smallest absolute Gasteiger partial charge is 0.241 e. The molecule has 1 aliphatic heterocycles. The fourth-order valence-corrected chi connectivity index (χ4v) is 3.09. The first kappa shape index (κ1) is 14.9. The standard InChI is InChI=1S/C17H18N6O/c1-5-18-6-2-13(1)14-3-9-23(10-4-14)12-16-21-17(22-24-16)15-11-19-7-8-20-15/h1-2,5-8,11,14H,3-4,9-10,12H2. The van der Waals surface area contributed by atoms with E-state index in [4.69, 9.17) is 4.52 Å². The SMILES string of the molecule is c1cc(C2CCN(Cc3nc(-c4cnccn4)no3)CC2)ccn1. The minimum atomic E-state index is 0.491. The van der Waals surface area contributed by atoms with Crippen LogP contribution in [0.3, 0.4) is 0 Å². The molecule has 1 fully saturated rings. The number of hydrogen-bond donors (Lipinski definition) is 0. The molecule has 0 aliphatic carbocycles. The molecule has 4 heterocycles. The van der Waals surface area contributed by atoms with Crippen LogP contribution < -0.4 is 0 Å². The summed E-state index contributed by atoms with van der Waals surface area (Å²) in [5.41, 5.74) is 2.01. The van der Waals surface area contributed by atoms with E-state index >= 15 is 0 Å². The molecule has 7 heteroatoms. The van der Waals surface area contributed by atoms with Gasteiger partial charge in [-0.2, -0.15) is 4.98 Å². The van der Waals surface area contributed by atoms with Crippen LogP contribution in [0.1, 0.15) is 30.2 Å². The molecule has 0 saturated carbocycles. The molecule has 0 bridgehead atoms. The molecule has 0 aromatic carbocycles. The maximum absolute atomic E-state index is 5.35. The fraction of sp³-hybridized carbons (Fsp3) is 0.353. The van der Waals surface area contributed by atoms with Gasteiger partial charge >= 0.3 is 0 Å². The predicted octanol–water partition coefficient (Wildman–Crippen LogP) is 2.30. The van der Waals surface area contributed by atoms with E-state index in [0.29, 0.717) is 29.9 Å². The molecular weight excluding hydrogens is 304 g/mol. The highest BCUT2D eigenvalue weighted by atomic mass is 16.5. The van der Waals surface area contributed by atoms with Crippen molar-refractivity contribution >= 4 is 0 Å². The normalized spacial score (nSPS) is 16.3. The van der Waals surface area contributed by atoms with Gasteiger partial charge in [0.2, 0.25) is 11.7 Å². The van der Waals surface area contributed by atoms with E-state index < -0.39 is 0 Å². The summed E-state index contributed by atoms with van der Waals surface area (Å²) in [6.07, 6.45) is 10.9. The van der Waals surface area contributed by atoms with E-state index in [1.807, 2.05) is 12.4 Å². The maximum Gasteiger partial charge on any atom is 0.241 e. The van der Waals surface area contributed by atoms with E-state index in [9.17, 15) is 0 Å². The van der Waals surface area contributed by atoms with Gasteiger partial charge in [-0.3, -0.25) is 14.9 Å². The lowest BCUT2D eigenvalue weighted by atomic mass is 9.90. The van der Waals surface area contributed by atoms with Crippen molar-refractivity contribution in [2.75, 3.05) is 13.1 Å². The van der Waals surface area contributed by atoms with Gasteiger partial charge in [0.25, 0.3) is 0 Å². The Morgan fingerprint density at radius 1 is 1.04 bits per heavy atom. The molecule has 1 saturated heterocycles. The Morgan fingerprint density at radius 2 is 1.88 bits per heavy atom. The molecule has 1 aliphatic rings. The van der Waals surface area contributed by atoms with Crippen molar-refractivity contribution in [1.29, 1.82) is 0 Å². The zero-order valence-electron chi connectivity index (χ0n) is 13.2. The van der Waals surface area contributed by atoms with Crippen LogP contribution in [0.2, 0.25) is 0 Å². The summed E-state index contributed by atoms with van der Waals surface area (Å²) in [5.74, 6) is 1.73. The van der Waals surface area contributed by atoms with E-state index in [0.717, 1.165) is 25.9 Å². The van der Waals surface area contributed by atoms with E-state index in [1.165, 1.54) is 5.56 Å². The Bertz CT molecular complexity index is 768. The van der Waals surface area contributed by atoms with Crippen LogP contribution >= 0.6 is 0 Å². The Morgan fingerprint density at radius 3 is 2.62 bits per heavy atom. The van der Waals surface area contributed by atoms with E-state index in [1.54, 1.807) is 18.6 Å². The first-order valence-corrected chi connectivity index (χ1v) is 8.10. The van der Waals surface area contributed by atoms with Gasteiger partial charge in [0.05, 0.1) is 12.7 Å². The van der Waals surface area contributed by atoms with Crippen molar-refractivity contribution in [2.24, 2.45) is 0 Å². The topological polar surface area (TPSA) is 80.8 Å². The van der Waals surface area contributed by atoms with Crippen molar-refractivity contribution < 1.29 is 4.52 Å². The van der Waals surface area contributed by atoms with Crippen LogP contribution in [-0.2, 0) is 6.54 Å². The molecule has 7 nitrogen and oxygen atoms in total. The van der Waals surface area contributed by atoms with Gasteiger partial charge in [-0.15, -0.1) is 0 Å². The van der Waals surface area contributed by atoms with Gasteiger partial charge in [-0.25, -0.2) is 4.98 Å². The second kappa shape index (κ2) is 6.84. The van der Waals surface area contributed by atoms with Gasteiger partial charge in [-0.1, -0.05) is 5.16 Å². The number of aromatic nitrogens is 5. The molecule has 3 aromatic rings. The summed E-state index contributed by atoms with van der Waals surface area (Å²) in [7, 11) is 0. The number of likely N-dealkylation sites (tertiary alicyclic amines) is 1. The summed E-state index contributed by atoms with van der Waals surface area (Å²) < 4.78 is 5.35. The fourth-order valence-electron chi connectivity index (χ4n) is 3.09. The van der Waals surface area contributed by atoms with Crippen molar-refractivity contribution in [3.63, 3.8) is 0 Å². The molecule has 122 valence electrons. The van der Waals surface area contributed by atoms with Gasteiger partial charge in [0, 0.05) is 24.8 Å². The Kier molecular flexibility index (Phi) is 4.24. The summed E-state index contributed by atoms with van der Waals surface area (Å²) in [6.45, 7) is 2.72. The van der Waals surface area contributed by atoms with Gasteiger partial charge in [-0.05, 0) is 49.5 Å². The van der Waals surface area contributed by atoms with E-state index in [2.05, 4.69) is 42.1 Å². The van der Waals surface area contributed by atoms with Crippen molar-refractivity contribution in [1.82, 2.24) is 30.0 Å². The second-order valence-corrected chi connectivity index (χ2v) is 5.93. The average molecular weight is 322 g/mol. The molecule has 0 amide bonds. The van der Waals surface area contributed by atoms with Crippen LogP contribution in [0, 0.1) is 0 Å². The maximum atomic E-state index is 5.35. The number of rotatable bonds is 4. The molecule has 0 N–H and O–H groups in total. The zero-order chi connectivity index (χ0) is 16.2. The number of piperidine rings is 1. The van der Waals surface area contributed by atoms with E-state index in [-0.39, 0.29) is 0 Å². The summed E-state index contributed by atoms with van der Waals surface area (Å²) in [5, 5.41) is 3.99. The summed E-state index contributed by atoms with van der Waals surface area (Å²) in [4.78, 5) is 19.1. The van der Waals surface area contributed by atoms with Crippen LogP contribution in [0.5, 0.6) is 0 Å². The molecule has 3 aromatic heterocycles. The average Bonchev–Trinajstić information content (AvgIpc) is 3.12. The van der Waals surface area contributed by atoms with Crippen LogP contribution in [0.25, 0.3) is 11.5 Å². The molecular formula is C17H18N6O. The molecule has 0 unspecified atom stereocenters. The molecule has 4 rings (SSSR count). The van der Waals surface area contributed by atoms with Crippen LogP contribution in [0.4, 0.5) is 0 Å². The summed E-state index contributed by atoms with van der Waals surface area (Å²) in [6, 6.07) is 4.23. The second-order valence-electron chi connectivity index (χ2n) is 5.93. The Balaban J connectivity index is 1.35. The number of hydrogen-bond acceptors (Lipinski definition) is 7. The lowest BCUT2D eigenvalue weighted by Gasteiger charge is -2.31. The number of pyridine rings is 1. The van der Waals surface area contributed by atoms with Crippen LogP contribution in [0.15, 0.2) is 47.6 Å². The highest BCUT2D eigenvalue weighted by Gasteiger charge is 2.22. The first-order valence-electron chi connectivity index (χ1n) is 8.10. The minimum Gasteiger partial charge on any atom is -0.337 e. The predicted molar refractivity (Wildman–Crippen MR) is 86.8 cm³/mol. The highest BCUT2D eigenvalue weighted by molar-refractivity contribution is 5.45. The monoisotopic (exact) mass is 322 g/mol. The van der Waals surface area contributed by atoms with Crippen LogP contribution in [-0.4, -0.2) is 43.1 Å². The largest absolute Gasteiger partial charge is 0.337 e. The number of nitrogens with zero attached hydrogens (tertiary/aromatic N) is 6. The lowest BCUT2D eigenvalue weighted by Crippen LogP contribution is -2.32. The Hall–Kier alpha value is -2.67. The Labute approximate surface area is 139 Å². The van der Waals surface area contributed by atoms with Gasteiger partial charge in [0.1, 0.15) is 5.69 Å². The minimum absolute atomic E-state index is 0.491. The van der Waals surface area contributed by atoms with Crippen molar-refractivity contribution in [2.45, 2.75) is 25.3 Å². The van der Waals surface area contributed by atoms with Crippen molar-refractivity contribution in [3.8, 4) is 11.5 Å². The third-order valence-corrected chi connectivity index (χ3v) is 4.38. The molecule has 0 spiro atoms. The molecule has 0 atom stereocenters. The van der Waals surface area contributed by atoms with Gasteiger partial charge in [0.15, 0.2) is 0 Å². The quantitative estimate of drug-likeness (QED) is 0.729. The third kappa shape index (κ3) is 3.30. The summed E-state index contributed by atoms with van der Waals surface area (Å²) >= 11 is 0. The zero-order valence-corrected chi connectivity index (χ0v) is 13.2. The van der Waals surface area contributed by atoms with Crippen molar-refractivity contribution in [3.05, 3.63) is 54.6 Å². The first-order chi connectivity index (χ1) is 11.9. The molecule has 0 radical (unpaired) electrons. The highest BCUT2D eigenvalue weighted by Crippen LogP contribution is 2.28. The lowest BCUT2D eigenvalue weighted by molar-refractivity contribution is 0.181. The van der Waals surface area contributed by atoms with Gasteiger partial charge < -0.3 is 4.52 Å². The third-order valence-electron chi connectivity index (χ3n) is 4.38. The molecule has 24 heavy (non-hydrogen) atoms.